The first-order chi connectivity index (χ1) is 7.74. The molecule has 0 spiro atoms. The standard InChI is InChI=1S/C14H29NO/c1-5-9-15-14(12(6-2)7-3)13-8-10-16-11(13)4/h11-15H,5-10H2,1-4H3. The average Bonchev–Trinajstić information content (AvgIpc) is 2.71. The van der Waals surface area contributed by atoms with Gasteiger partial charge in [-0.3, -0.25) is 0 Å². The van der Waals surface area contributed by atoms with Gasteiger partial charge in [0.1, 0.15) is 0 Å². The highest BCUT2D eigenvalue weighted by Crippen LogP contribution is 2.30. The molecular formula is C14H29NO. The molecular weight excluding hydrogens is 198 g/mol. The molecule has 0 amide bonds. The fourth-order valence-electron chi connectivity index (χ4n) is 3.00. The van der Waals surface area contributed by atoms with Crippen LogP contribution in [0.1, 0.15) is 53.4 Å². The third kappa shape index (κ3) is 3.46. The van der Waals surface area contributed by atoms with Gasteiger partial charge < -0.3 is 10.1 Å². The van der Waals surface area contributed by atoms with Crippen molar-refractivity contribution in [3.63, 3.8) is 0 Å². The Bertz CT molecular complexity index is 180. The summed E-state index contributed by atoms with van der Waals surface area (Å²) in [5.41, 5.74) is 0. The second-order valence-electron chi connectivity index (χ2n) is 5.08. The zero-order valence-electron chi connectivity index (χ0n) is 11.5. The maximum Gasteiger partial charge on any atom is 0.0590 e. The summed E-state index contributed by atoms with van der Waals surface area (Å²) in [6, 6.07) is 0.660. The molecule has 3 atom stereocenters. The predicted octanol–water partition coefficient (Wildman–Crippen LogP) is 3.22. The van der Waals surface area contributed by atoms with Gasteiger partial charge in [-0.25, -0.2) is 0 Å². The molecule has 0 radical (unpaired) electrons. The summed E-state index contributed by atoms with van der Waals surface area (Å²) in [6.07, 6.45) is 5.45. The van der Waals surface area contributed by atoms with Crippen LogP contribution in [0.3, 0.4) is 0 Å². The van der Waals surface area contributed by atoms with Gasteiger partial charge in [-0.2, -0.15) is 0 Å². The second kappa shape index (κ2) is 7.29. The van der Waals surface area contributed by atoms with Crippen molar-refractivity contribution in [2.75, 3.05) is 13.2 Å². The molecule has 0 aliphatic carbocycles. The van der Waals surface area contributed by atoms with Crippen molar-refractivity contribution in [2.24, 2.45) is 11.8 Å². The number of rotatable bonds is 7. The van der Waals surface area contributed by atoms with Gasteiger partial charge in [0.05, 0.1) is 6.10 Å². The lowest BCUT2D eigenvalue weighted by atomic mass is 9.81. The van der Waals surface area contributed by atoms with E-state index in [1.54, 1.807) is 0 Å². The third-order valence-electron chi connectivity index (χ3n) is 4.08. The van der Waals surface area contributed by atoms with Crippen molar-refractivity contribution in [3.8, 4) is 0 Å². The van der Waals surface area contributed by atoms with Gasteiger partial charge in [0.15, 0.2) is 0 Å². The smallest absolute Gasteiger partial charge is 0.0590 e. The van der Waals surface area contributed by atoms with Gasteiger partial charge in [-0.05, 0) is 32.2 Å². The van der Waals surface area contributed by atoms with Crippen LogP contribution in [-0.2, 0) is 4.74 Å². The van der Waals surface area contributed by atoms with Crippen LogP contribution >= 0.6 is 0 Å². The number of nitrogens with one attached hydrogen (secondary N) is 1. The molecule has 1 aliphatic heterocycles. The maximum absolute atomic E-state index is 5.73. The summed E-state index contributed by atoms with van der Waals surface area (Å²) in [4.78, 5) is 0. The second-order valence-corrected chi connectivity index (χ2v) is 5.08. The Kier molecular flexibility index (Phi) is 6.37. The Balaban J connectivity index is 2.60. The lowest BCUT2D eigenvalue weighted by molar-refractivity contribution is 0.0852. The van der Waals surface area contributed by atoms with Crippen LogP contribution in [0.5, 0.6) is 0 Å². The minimum absolute atomic E-state index is 0.440. The van der Waals surface area contributed by atoms with Crippen molar-refractivity contribution < 1.29 is 4.74 Å². The Morgan fingerprint density at radius 3 is 2.38 bits per heavy atom. The Labute approximate surface area is 101 Å². The molecule has 1 fully saturated rings. The van der Waals surface area contributed by atoms with E-state index in [0.29, 0.717) is 12.1 Å². The maximum atomic E-state index is 5.73. The van der Waals surface area contributed by atoms with Gasteiger partial charge in [0.2, 0.25) is 0 Å². The Hall–Kier alpha value is -0.0800. The molecule has 0 bridgehead atoms. The third-order valence-corrected chi connectivity index (χ3v) is 4.08. The van der Waals surface area contributed by atoms with Gasteiger partial charge in [0, 0.05) is 18.6 Å². The fraction of sp³-hybridized carbons (Fsp3) is 1.00. The monoisotopic (exact) mass is 227 g/mol. The average molecular weight is 227 g/mol. The van der Waals surface area contributed by atoms with E-state index in [0.717, 1.165) is 25.0 Å². The van der Waals surface area contributed by atoms with Crippen molar-refractivity contribution >= 4 is 0 Å². The molecule has 1 aliphatic rings. The molecule has 1 saturated heterocycles. The fourth-order valence-corrected chi connectivity index (χ4v) is 3.00. The van der Waals surface area contributed by atoms with Crippen LogP contribution in [0.15, 0.2) is 0 Å². The first-order valence-corrected chi connectivity index (χ1v) is 7.09. The van der Waals surface area contributed by atoms with Gasteiger partial charge >= 0.3 is 0 Å². The van der Waals surface area contributed by atoms with E-state index in [1.807, 2.05) is 0 Å². The van der Waals surface area contributed by atoms with E-state index in [4.69, 9.17) is 4.74 Å². The lowest BCUT2D eigenvalue weighted by Crippen LogP contribution is -2.44. The van der Waals surface area contributed by atoms with E-state index in [2.05, 4.69) is 33.0 Å². The minimum atomic E-state index is 0.440. The van der Waals surface area contributed by atoms with Crippen LogP contribution in [0.2, 0.25) is 0 Å². The Morgan fingerprint density at radius 2 is 1.94 bits per heavy atom. The van der Waals surface area contributed by atoms with Crippen LogP contribution < -0.4 is 5.32 Å². The van der Waals surface area contributed by atoms with Crippen molar-refractivity contribution in [3.05, 3.63) is 0 Å². The molecule has 0 aromatic carbocycles. The van der Waals surface area contributed by atoms with E-state index >= 15 is 0 Å². The van der Waals surface area contributed by atoms with Gasteiger partial charge in [0.25, 0.3) is 0 Å². The molecule has 0 aromatic heterocycles. The lowest BCUT2D eigenvalue weighted by Gasteiger charge is -2.33. The quantitative estimate of drug-likeness (QED) is 0.721. The largest absolute Gasteiger partial charge is 0.378 e. The molecule has 96 valence electrons. The highest BCUT2D eigenvalue weighted by atomic mass is 16.5. The molecule has 1 N–H and O–H groups in total. The van der Waals surface area contributed by atoms with E-state index in [9.17, 15) is 0 Å². The first kappa shape index (κ1) is 14.0. The van der Waals surface area contributed by atoms with Crippen LogP contribution in [0, 0.1) is 11.8 Å². The molecule has 1 rings (SSSR count). The van der Waals surface area contributed by atoms with Crippen LogP contribution in [-0.4, -0.2) is 25.3 Å². The summed E-state index contributed by atoms with van der Waals surface area (Å²) >= 11 is 0. The molecule has 3 unspecified atom stereocenters. The normalized spacial score (nSPS) is 27.6. The predicted molar refractivity (Wildman–Crippen MR) is 69.7 cm³/mol. The van der Waals surface area contributed by atoms with Gasteiger partial charge in [-0.15, -0.1) is 0 Å². The highest BCUT2D eigenvalue weighted by molar-refractivity contribution is 4.88. The summed E-state index contributed by atoms with van der Waals surface area (Å²) in [6.45, 7) is 11.2. The highest BCUT2D eigenvalue weighted by Gasteiger charge is 2.34. The van der Waals surface area contributed by atoms with Crippen molar-refractivity contribution in [2.45, 2.75) is 65.5 Å². The van der Waals surface area contributed by atoms with E-state index in [-0.39, 0.29) is 0 Å². The van der Waals surface area contributed by atoms with Crippen molar-refractivity contribution in [1.82, 2.24) is 5.32 Å². The number of hydrogen-bond acceptors (Lipinski definition) is 2. The van der Waals surface area contributed by atoms with E-state index < -0.39 is 0 Å². The summed E-state index contributed by atoms with van der Waals surface area (Å²) < 4.78 is 5.73. The summed E-state index contributed by atoms with van der Waals surface area (Å²) in [5, 5.41) is 3.76. The molecule has 0 aromatic rings. The van der Waals surface area contributed by atoms with Crippen molar-refractivity contribution in [1.29, 1.82) is 0 Å². The van der Waals surface area contributed by atoms with Gasteiger partial charge in [-0.1, -0.05) is 33.6 Å². The zero-order chi connectivity index (χ0) is 12.0. The molecule has 2 heteroatoms. The minimum Gasteiger partial charge on any atom is -0.378 e. The van der Waals surface area contributed by atoms with E-state index in [1.165, 1.54) is 25.7 Å². The molecule has 2 nitrogen and oxygen atoms in total. The molecule has 16 heavy (non-hydrogen) atoms. The van der Waals surface area contributed by atoms with Crippen LogP contribution in [0.25, 0.3) is 0 Å². The summed E-state index contributed by atoms with van der Waals surface area (Å²) in [7, 11) is 0. The SMILES string of the molecule is CCCNC(C(CC)CC)C1CCOC1C. The molecule has 1 heterocycles. The number of ether oxygens (including phenoxy) is 1. The zero-order valence-corrected chi connectivity index (χ0v) is 11.5. The topological polar surface area (TPSA) is 21.3 Å². The summed E-state index contributed by atoms with van der Waals surface area (Å²) in [5.74, 6) is 1.53. The Morgan fingerprint density at radius 1 is 1.25 bits per heavy atom. The number of hydrogen-bond donors (Lipinski definition) is 1. The van der Waals surface area contributed by atoms with Crippen LogP contribution in [0.4, 0.5) is 0 Å². The first-order valence-electron chi connectivity index (χ1n) is 7.09. The molecule has 0 saturated carbocycles.